The summed E-state index contributed by atoms with van der Waals surface area (Å²) < 4.78 is 25.8. The Morgan fingerprint density at radius 2 is 1.90 bits per heavy atom. The summed E-state index contributed by atoms with van der Waals surface area (Å²) in [4.78, 5) is 4.67. The number of ether oxygens (including phenoxy) is 2. The van der Waals surface area contributed by atoms with Gasteiger partial charge in [-0.1, -0.05) is 0 Å². The fraction of sp³-hybridized carbons (Fsp3) is 0.391. The highest BCUT2D eigenvalue weighted by Crippen LogP contribution is 2.38. The zero-order chi connectivity index (χ0) is 21.4. The van der Waals surface area contributed by atoms with Crippen LogP contribution in [0.25, 0.3) is 5.57 Å². The Kier molecular flexibility index (Phi) is 6.04. The van der Waals surface area contributed by atoms with Gasteiger partial charge in [0.2, 0.25) is 6.29 Å². The fourth-order valence-electron chi connectivity index (χ4n) is 4.35. The Morgan fingerprint density at radius 1 is 1.17 bits per heavy atom. The standard InChI is InChI=1S/C23H26BrFN2O3/c1-14-18-12-16(25)4-7-20(18)30-23(28)22(14)15(2)26-8-10-27(11-9-26)17-5-6-19(24)21(13-17)29-3/h4-7,12-13,15,23,28H,8-11H2,1-3H3/t15-,23+/m1/s1. The average Bonchev–Trinajstić information content (AvgIpc) is 2.75. The van der Waals surface area contributed by atoms with E-state index in [1.165, 1.54) is 12.1 Å². The van der Waals surface area contributed by atoms with E-state index < -0.39 is 6.29 Å². The van der Waals surface area contributed by atoms with Gasteiger partial charge < -0.3 is 19.5 Å². The molecule has 2 aromatic rings. The molecule has 7 heteroatoms. The number of aliphatic hydroxyl groups excluding tert-OH is 1. The van der Waals surface area contributed by atoms with Gasteiger partial charge in [-0.3, -0.25) is 4.90 Å². The first-order valence-corrected chi connectivity index (χ1v) is 10.9. The Morgan fingerprint density at radius 3 is 2.60 bits per heavy atom. The highest BCUT2D eigenvalue weighted by atomic mass is 79.9. The molecule has 2 aliphatic rings. The summed E-state index contributed by atoms with van der Waals surface area (Å²) in [7, 11) is 1.67. The molecule has 2 heterocycles. The molecule has 0 saturated carbocycles. The largest absolute Gasteiger partial charge is 0.495 e. The number of methoxy groups -OCH3 is 1. The third-order valence-corrected chi connectivity index (χ3v) is 6.75. The second kappa shape index (κ2) is 8.57. The topological polar surface area (TPSA) is 45.2 Å². The third kappa shape index (κ3) is 3.94. The first kappa shape index (κ1) is 21.2. The second-order valence-corrected chi connectivity index (χ2v) is 8.56. The summed E-state index contributed by atoms with van der Waals surface area (Å²) in [6, 6.07) is 10.5. The molecule has 0 spiro atoms. The van der Waals surface area contributed by atoms with E-state index in [9.17, 15) is 9.50 Å². The lowest BCUT2D eigenvalue weighted by molar-refractivity contribution is -0.000225. The van der Waals surface area contributed by atoms with Crippen molar-refractivity contribution in [2.45, 2.75) is 26.2 Å². The van der Waals surface area contributed by atoms with Gasteiger partial charge in [0, 0.05) is 55.1 Å². The van der Waals surface area contributed by atoms with E-state index in [2.05, 4.69) is 38.7 Å². The maximum atomic E-state index is 13.8. The first-order valence-electron chi connectivity index (χ1n) is 10.1. The molecule has 30 heavy (non-hydrogen) atoms. The van der Waals surface area contributed by atoms with Crippen LogP contribution in [0.15, 0.2) is 46.4 Å². The number of benzene rings is 2. The molecule has 2 aliphatic heterocycles. The first-order chi connectivity index (χ1) is 14.4. The number of rotatable bonds is 4. The van der Waals surface area contributed by atoms with Crippen molar-refractivity contribution >= 4 is 27.2 Å². The van der Waals surface area contributed by atoms with E-state index in [-0.39, 0.29) is 11.9 Å². The van der Waals surface area contributed by atoms with E-state index in [0.717, 1.165) is 53.2 Å². The SMILES string of the molecule is COc1cc(N2CCN([C@H](C)C3=C(C)c4cc(F)ccc4O[C@@H]3O)CC2)ccc1Br. The van der Waals surface area contributed by atoms with Crippen LogP contribution in [0.5, 0.6) is 11.5 Å². The summed E-state index contributed by atoms with van der Waals surface area (Å²) in [5, 5.41) is 10.6. The van der Waals surface area contributed by atoms with Crippen molar-refractivity contribution in [1.82, 2.24) is 4.90 Å². The quantitative estimate of drug-likeness (QED) is 0.712. The van der Waals surface area contributed by atoms with Crippen molar-refractivity contribution in [3.8, 4) is 11.5 Å². The number of hydrogen-bond donors (Lipinski definition) is 1. The van der Waals surface area contributed by atoms with Gasteiger partial charge in [-0.25, -0.2) is 4.39 Å². The smallest absolute Gasteiger partial charge is 0.222 e. The molecule has 0 aromatic heterocycles. The van der Waals surface area contributed by atoms with E-state index in [1.807, 2.05) is 19.1 Å². The molecule has 0 amide bonds. The van der Waals surface area contributed by atoms with Gasteiger partial charge in [-0.2, -0.15) is 0 Å². The zero-order valence-corrected chi connectivity index (χ0v) is 18.9. The Labute approximate surface area is 184 Å². The van der Waals surface area contributed by atoms with Gasteiger partial charge in [0.05, 0.1) is 11.6 Å². The number of halogens is 2. The predicted molar refractivity (Wildman–Crippen MR) is 120 cm³/mol. The van der Waals surface area contributed by atoms with Gasteiger partial charge in [-0.15, -0.1) is 0 Å². The van der Waals surface area contributed by atoms with Crippen molar-refractivity contribution in [1.29, 1.82) is 0 Å². The molecule has 5 nitrogen and oxygen atoms in total. The molecule has 4 rings (SSSR count). The van der Waals surface area contributed by atoms with Gasteiger partial charge in [0.1, 0.15) is 17.3 Å². The zero-order valence-electron chi connectivity index (χ0n) is 17.4. The monoisotopic (exact) mass is 476 g/mol. The van der Waals surface area contributed by atoms with Gasteiger partial charge >= 0.3 is 0 Å². The lowest BCUT2D eigenvalue weighted by atomic mass is 9.92. The highest BCUT2D eigenvalue weighted by Gasteiger charge is 2.33. The number of piperazine rings is 1. The van der Waals surface area contributed by atoms with Crippen molar-refractivity contribution in [3.05, 3.63) is 57.8 Å². The van der Waals surface area contributed by atoms with Crippen LogP contribution in [-0.2, 0) is 0 Å². The van der Waals surface area contributed by atoms with Crippen LogP contribution in [0.3, 0.4) is 0 Å². The molecular formula is C23H26BrFN2O3. The maximum absolute atomic E-state index is 13.8. The van der Waals surface area contributed by atoms with Gasteiger partial charge in [-0.05, 0) is 65.7 Å². The maximum Gasteiger partial charge on any atom is 0.222 e. The normalized spacial score (nSPS) is 20.6. The molecule has 160 valence electrons. The Balaban J connectivity index is 1.50. The van der Waals surface area contributed by atoms with E-state index >= 15 is 0 Å². The lowest BCUT2D eigenvalue weighted by Gasteiger charge is -2.41. The van der Waals surface area contributed by atoms with Crippen LogP contribution >= 0.6 is 15.9 Å². The van der Waals surface area contributed by atoms with E-state index in [4.69, 9.17) is 9.47 Å². The molecule has 0 bridgehead atoms. The van der Waals surface area contributed by atoms with Crippen LogP contribution in [0.4, 0.5) is 10.1 Å². The van der Waals surface area contributed by atoms with Crippen molar-refractivity contribution in [2.24, 2.45) is 0 Å². The molecule has 2 aromatic carbocycles. The fourth-order valence-corrected chi connectivity index (χ4v) is 4.76. The molecular weight excluding hydrogens is 451 g/mol. The molecule has 0 aliphatic carbocycles. The average molecular weight is 477 g/mol. The molecule has 1 N–H and O–H groups in total. The Bertz CT molecular complexity index is 973. The van der Waals surface area contributed by atoms with E-state index in [1.54, 1.807) is 13.2 Å². The lowest BCUT2D eigenvalue weighted by Crippen LogP contribution is -2.51. The van der Waals surface area contributed by atoms with Crippen molar-refractivity contribution < 1.29 is 19.0 Å². The molecule has 0 unspecified atom stereocenters. The van der Waals surface area contributed by atoms with Gasteiger partial charge in [0.15, 0.2) is 0 Å². The highest BCUT2D eigenvalue weighted by molar-refractivity contribution is 9.10. The number of anilines is 1. The summed E-state index contributed by atoms with van der Waals surface area (Å²) in [6.07, 6.45) is -1.02. The van der Waals surface area contributed by atoms with Crippen molar-refractivity contribution in [3.63, 3.8) is 0 Å². The third-order valence-electron chi connectivity index (χ3n) is 6.10. The van der Waals surface area contributed by atoms with Crippen molar-refractivity contribution in [2.75, 3.05) is 38.2 Å². The molecule has 1 fully saturated rings. The van der Waals surface area contributed by atoms with Crippen LogP contribution in [0.2, 0.25) is 0 Å². The Hall–Kier alpha value is -2.09. The predicted octanol–water partition coefficient (Wildman–Crippen LogP) is 4.29. The summed E-state index contributed by atoms with van der Waals surface area (Å²) in [5.74, 6) is 1.03. The molecule has 2 atom stereocenters. The van der Waals surface area contributed by atoms with E-state index in [0.29, 0.717) is 11.3 Å². The number of nitrogens with zero attached hydrogens (tertiary/aromatic N) is 2. The minimum atomic E-state index is -1.02. The van der Waals surface area contributed by atoms with Crippen LogP contribution in [0.1, 0.15) is 19.4 Å². The minimum absolute atomic E-state index is 0.0157. The second-order valence-electron chi connectivity index (χ2n) is 7.71. The van der Waals surface area contributed by atoms with Crippen LogP contribution in [0, 0.1) is 5.82 Å². The number of aliphatic hydroxyl groups is 1. The molecule has 1 saturated heterocycles. The summed E-state index contributed by atoms with van der Waals surface area (Å²) in [5.41, 5.74) is 3.52. The summed E-state index contributed by atoms with van der Waals surface area (Å²) >= 11 is 3.50. The number of hydrogen-bond acceptors (Lipinski definition) is 5. The number of allylic oxidation sites excluding steroid dienone is 1. The van der Waals surface area contributed by atoms with Crippen LogP contribution in [-0.4, -0.2) is 55.6 Å². The summed E-state index contributed by atoms with van der Waals surface area (Å²) in [6.45, 7) is 7.43. The van der Waals surface area contributed by atoms with Gasteiger partial charge in [0.25, 0.3) is 0 Å². The van der Waals surface area contributed by atoms with Crippen LogP contribution < -0.4 is 14.4 Å². The number of fused-ring (bicyclic) bond motifs is 1. The molecule has 0 radical (unpaired) electrons. The minimum Gasteiger partial charge on any atom is -0.495 e.